The number of fused-ring (bicyclic) bond motifs is 3. The zero-order chi connectivity index (χ0) is 14.7. The predicted molar refractivity (Wildman–Crippen MR) is 74.6 cm³/mol. The van der Waals surface area contributed by atoms with Crippen LogP contribution in [0, 0.1) is 0 Å². The van der Waals surface area contributed by atoms with Crippen molar-refractivity contribution in [2.45, 2.75) is 30.0 Å². The monoisotopic (exact) mass is 470 g/mol. The number of hydrogen-bond donors (Lipinski definition) is 2. The van der Waals surface area contributed by atoms with Crippen molar-refractivity contribution in [2.24, 2.45) is 0 Å². The van der Waals surface area contributed by atoms with Crippen LogP contribution in [-0.2, 0) is 33.1 Å². The van der Waals surface area contributed by atoms with E-state index < -0.39 is 18.5 Å². The van der Waals surface area contributed by atoms with Crippen LogP contribution in [0.2, 0.25) is 4.81 Å². The Labute approximate surface area is 132 Å². The minimum absolute atomic E-state index is 0.0945. The average molecular weight is 470 g/mol. The first kappa shape index (κ1) is 14.7. The molecule has 5 nitrogen and oxygen atoms in total. The molecule has 0 fully saturated rings. The van der Waals surface area contributed by atoms with Crippen LogP contribution in [0.5, 0.6) is 5.75 Å². The van der Waals surface area contributed by atoms with Crippen LogP contribution >= 0.6 is 0 Å². The molecule has 1 atom stereocenters. The van der Waals surface area contributed by atoms with Gasteiger partial charge in [0.1, 0.15) is 0 Å². The summed E-state index contributed by atoms with van der Waals surface area (Å²) in [6.07, 6.45) is 3.04. The number of carbonyl (C=O) groups excluding carboxylic acids is 1. The second-order valence-corrected chi connectivity index (χ2v) is 6.83. The van der Waals surface area contributed by atoms with Crippen molar-refractivity contribution in [3.63, 3.8) is 0 Å². The minimum atomic E-state index is -1.21. The molecule has 1 amide bonds. The second-order valence-electron chi connectivity index (χ2n) is 5.38. The van der Waals surface area contributed by atoms with Gasteiger partial charge in [-0.05, 0) is 0 Å². The molecule has 0 aliphatic carbocycles. The summed E-state index contributed by atoms with van der Waals surface area (Å²) >= 11 is -1.21. The Balaban J connectivity index is 1.68. The number of nitrogens with one attached hydrogen (secondary N) is 2. The maximum absolute atomic E-state index is 11.4. The van der Waals surface area contributed by atoms with Gasteiger partial charge < -0.3 is 0 Å². The van der Waals surface area contributed by atoms with Crippen LogP contribution in [0.15, 0.2) is 12.1 Å². The Kier molecular flexibility index (Phi) is 4.69. The van der Waals surface area contributed by atoms with Gasteiger partial charge in [-0.1, -0.05) is 0 Å². The molecule has 2 N–H and O–H groups in total. The molecule has 1 unspecified atom stereocenters. The summed E-state index contributed by atoms with van der Waals surface area (Å²) in [7, 11) is 0. The summed E-state index contributed by atoms with van der Waals surface area (Å²) in [5.41, 5.74) is 3.92. The molecule has 0 bridgehead atoms. The van der Waals surface area contributed by atoms with Gasteiger partial charge >= 0.3 is 132 Å². The molecule has 117 valence electrons. The first-order valence-electron chi connectivity index (χ1n) is 7.23. The molecule has 0 spiro atoms. The fourth-order valence-electron chi connectivity index (χ4n) is 3.14. The van der Waals surface area contributed by atoms with Crippen molar-refractivity contribution in [2.75, 3.05) is 25.0 Å². The number of amides is 1. The van der Waals surface area contributed by atoms with Crippen molar-refractivity contribution in [1.82, 2.24) is 5.32 Å². The quantitative estimate of drug-likeness (QED) is 0.690. The Morgan fingerprint density at radius 1 is 1.48 bits per heavy atom. The number of ether oxygens (including phenoxy) is 1. The zero-order valence-corrected chi connectivity index (χ0v) is 14.0. The molecule has 0 saturated carbocycles. The molecule has 0 saturated heterocycles. The van der Waals surface area contributed by atoms with Gasteiger partial charge in [0.25, 0.3) is 0 Å². The maximum atomic E-state index is 11.4. The standard InChI is InChI=1S/C15H19N2O2.O.Pt/c1-10(18)16-7-6-11-9-17-13-4-5-14-12(15(11)13)3-2-8-19-14;;/h4-5,11,17H,1-3,6-9H2,(H,16,18);;. The number of rotatable bonds is 5. The van der Waals surface area contributed by atoms with E-state index in [4.69, 9.17) is 4.74 Å². The molecule has 0 radical (unpaired) electrons. The van der Waals surface area contributed by atoms with Crippen molar-refractivity contribution in [3.05, 3.63) is 23.3 Å². The molecule has 2 aliphatic heterocycles. The first-order valence-corrected chi connectivity index (χ1v) is 9.76. The van der Waals surface area contributed by atoms with E-state index in [-0.39, 0.29) is 10.7 Å². The summed E-state index contributed by atoms with van der Waals surface area (Å²) in [6.45, 7) is 2.35. The van der Waals surface area contributed by atoms with Crippen molar-refractivity contribution < 1.29 is 31.5 Å². The predicted octanol–water partition coefficient (Wildman–Crippen LogP) is 1.87. The van der Waals surface area contributed by atoms with Crippen LogP contribution in [0.25, 0.3) is 0 Å². The third kappa shape index (κ3) is 3.18. The number of hydrogen-bond acceptors (Lipinski definition) is 4. The SMILES string of the molecule is [O]=[Pt][CH2]C(=O)NCCC1CNc2ccc3c(c21)CCCO3. The van der Waals surface area contributed by atoms with Gasteiger partial charge in [-0.2, -0.15) is 0 Å². The van der Waals surface area contributed by atoms with E-state index in [2.05, 4.69) is 22.8 Å². The van der Waals surface area contributed by atoms with Crippen LogP contribution in [0.3, 0.4) is 0 Å². The molecule has 0 aromatic heterocycles. The van der Waals surface area contributed by atoms with Crippen molar-refractivity contribution in [1.29, 1.82) is 0 Å². The summed E-state index contributed by atoms with van der Waals surface area (Å²) in [5, 5.41) is 6.30. The number of carbonyl (C=O) groups is 1. The summed E-state index contributed by atoms with van der Waals surface area (Å²) < 4.78 is 16.3. The zero-order valence-electron chi connectivity index (χ0n) is 11.7. The molecule has 2 heterocycles. The van der Waals surface area contributed by atoms with Crippen molar-refractivity contribution in [3.8, 4) is 5.75 Å². The van der Waals surface area contributed by atoms with E-state index in [0.29, 0.717) is 12.5 Å². The molecule has 6 heteroatoms. The number of benzene rings is 1. The van der Waals surface area contributed by atoms with Crippen molar-refractivity contribution >= 4 is 11.6 Å². The third-order valence-corrected chi connectivity index (χ3v) is 5.11. The van der Waals surface area contributed by atoms with Gasteiger partial charge in [0.05, 0.1) is 0 Å². The van der Waals surface area contributed by atoms with Crippen LogP contribution in [0.1, 0.15) is 29.9 Å². The first-order chi connectivity index (χ1) is 10.3. The molecule has 2 aliphatic rings. The van der Waals surface area contributed by atoms with Crippen LogP contribution < -0.4 is 15.4 Å². The molecule has 1 aromatic rings. The normalized spacial score (nSPS) is 19.3. The Morgan fingerprint density at radius 2 is 2.38 bits per heavy atom. The Hall–Kier alpha value is -1.22. The van der Waals surface area contributed by atoms with Gasteiger partial charge in [-0.25, -0.2) is 0 Å². The van der Waals surface area contributed by atoms with Crippen LogP contribution in [0.4, 0.5) is 5.69 Å². The fraction of sp³-hybridized carbons (Fsp3) is 0.533. The third-order valence-electron chi connectivity index (χ3n) is 4.05. The van der Waals surface area contributed by atoms with E-state index in [1.54, 1.807) is 0 Å². The Morgan fingerprint density at radius 3 is 3.24 bits per heavy atom. The fourth-order valence-corrected chi connectivity index (χ4v) is 3.72. The molecular weight excluding hydrogens is 451 g/mol. The van der Waals surface area contributed by atoms with E-state index in [9.17, 15) is 8.19 Å². The van der Waals surface area contributed by atoms with E-state index in [1.165, 1.54) is 16.8 Å². The van der Waals surface area contributed by atoms with E-state index >= 15 is 0 Å². The molecule has 1 aromatic carbocycles. The number of anilines is 1. The Bertz CT molecular complexity index is 562. The average Bonchev–Trinajstić information content (AvgIpc) is 2.91. The van der Waals surface area contributed by atoms with Crippen LogP contribution in [-0.4, -0.2) is 25.6 Å². The summed E-state index contributed by atoms with van der Waals surface area (Å²) in [5.74, 6) is 1.34. The van der Waals surface area contributed by atoms with E-state index in [1.807, 2.05) is 0 Å². The molecule has 21 heavy (non-hydrogen) atoms. The molecular formula is C15H19N2O3Pt. The summed E-state index contributed by atoms with van der Waals surface area (Å²) in [4.78, 5) is 11.6. The second kappa shape index (κ2) is 6.69. The topological polar surface area (TPSA) is 67.4 Å². The van der Waals surface area contributed by atoms with E-state index in [0.717, 1.165) is 38.2 Å². The van der Waals surface area contributed by atoms with Gasteiger partial charge in [-0.15, -0.1) is 0 Å². The van der Waals surface area contributed by atoms with Gasteiger partial charge in [0.2, 0.25) is 0 Å². The summed E-state index contributed by atoms with van der Waals surface area (Å²) in [6, 6.07) is 4.16. The van der Waals surface area contributed by atoms with Gasteiger partial charge in [0, 0.05) is 0 Å². The van der Waals surface area contributed by atoms with Gasteiger partial charge in [-0.3, -0.25) is 0 Å². The molecule has 3 rings (SSSR count). The van der Waals surface area contributed by atoms with Gasteiger partial charge in [0.15, 0.2) is 0 Å².